The standard InChI is InChI=1S/C26H27ClN2O3/c27-23-9-8-20(15-25(23)32-22-10-12-28-13-11-22)19-6-3-4-18(14-19)17-29-24-7-2-1-5-21(24)16-26(30)31/h1-9,14-15,22,28-29H,10-13,16-17H2,(H,30,31). The highest BCUT2D eigenvalue weighted by Gasteiger charge is 2.16. The van der Waals surface area contributed by atoms with Gasteiger partial charge in [0.25, 0.3) is 0 Å². The fourth-order valence-corrected chi connectivity index (χ4v) is 4.10. The van der Waals surface area contributed by atoms with Gasteiger partial charge in [-0.25, -0.2) is 0 Å². The van der Waals surface area contributed by atoms with Gasteiger partial charge < -0.3 is 20.5 Å². The summed E-state index contributed by atoms with van der Waals surface area (Å²) in [6, 6.07) is 21.7. The number of carboxylic acid groups (broad SMARTS) is 1. The van der Waals surface area contributed by atoms with E-state index in [-0.39, 0.29) is 12.5 Å². The van der Waals surface area contributed by atoms with Crippen molar-refractivity contribution in [3.05, 3.63) is 82.9 Å². The van der Waals surface area contributed by atoms with Crippen LogP contribution in [0.2, 0.25) is 5.02 Å². The number of aliphatic carboxylic acids is 1. The van der Waals surface area contributed by atoms with E-state index in [1.807, 2.05) is 48.5 Å². The molecule has 3 aromatic carbocycles. The van der Waals surface area contributed by atoms with Crippen molar-refractivity contribution >= 4 is 23.3 Å². The summed E-state index contributed by atoms with van der Waals surface area (Å²) in [5.74, 6) is -0.117. The molecule has 0 atom stereocenters. The summed E-state index contributed by atoms with van der Waals surface area (Å²) in [5, 5.41) is 16.5. The van der Waals surface area contributed by atoms with Gasteiger partial charge in [0.05, 0.1) is 11.4 Å². The van der Waals surface area contributed by atoms with Gasteiger partial charge in [-0.3, -0.25) is 4.79 Å². The normalized spacial score (nSPS) is 14.2. The third-order valence-corrected chi connectivity index (χ3v) is 5.93. The number of benzene rings is 3. The Morgan fingerprint density at radius 1 is 1.03 bits per heavy atom. The van der Waals surface area contributed by atoms with Crippen molar-refractivity contribution in [1.82, 2.24) is 5.32 Å². The van der Waals surface area contributed by atoms with Gasteiger partial charge in [-0.1, -0.05) is 54.1 Å². The minimum absolute atomic E-state index is 0.00613. The van der Waals surface area contributed by atoms with Gasteiger partial charge >= 0.3 is 5.97 Å². The number of carbonyl (C=O) groups is 1. The van der Waals surface area contributed by atoms with Crippen LogP contribution in [0.1, 0.15) is 24.0 Å². The lowest BCUT2D eigenvalue weighted by Crippen LogP contribution is -2.34. The van der Waals surface area contributed by atoms with E-state index >= 15 is 0 Å². The zero-order valence-electron chi connectivity index (χ0n) is 17.8. The van der Waals surface area contributed by atoms with Crippen LogP contribution in [-0.2, 0) is 17.8 Å². The molecule has 1 fully saturated rings. The highest BCUT2D eigenvalue weighted by molar-refractivity contribution is 6.32. The minimum Gasteiger partial charge on any atom is -0.489 e. The first-order valence-corrected chi connectivity index (χ1v) is 11.3. The first-order valence-electron chi connectivity index (χ1n) is 10.9. The largest absolute Gasteiger partial charge is 0.489 e. The maximum absolute atomic E-state index is 11.1. The summed E-state index contributed by atoms with van der Waals surface area (Å²) in [6.45, 7) is 2.52. The van der Waals surface area contributed by atoms with Crippen LogP contribution in [0.15, 0.2) is 66.7 Å². The molecule has 0 bridgehead atoms. The fraction of sp³-hybridized carbons (Fsp3) is 0.269. The third kappa shape index (κ3) is 5.81. The molecule has 0 amide bonds. The van der Waals surface area contributed by atoms with Crippen molar-refractivity contribution < 1.29 is 14.6 Å². The van der Waals surface area contributed by atoms with Crippen LogP contribution in [0.25, 0.3) is 11.1 Å². The highest BCUT2D eigenvalue weighted by Crippen LogP contribution is 2.32. The van der Waals surface area contributed by atoms with Crippen LogP contribution < -0.4 is 15.4 Å². The lowest BCUT2D eigenvalue weighted by molar-refractivity contribution is -0.136. The Bertz CT molecular complexity index is 1080. The zero-order valence-corrected chi connectivity index (χ0v) is 18.6. The van der Waals surface area contributed by atoms with E-state index in [1.165, 1.54) is 0 Å². The number of ether oxygens (including phenoxy) is 1. The topological polar surface area (TPSA) is 70.6 Å². The number of anilines is 1. The molecule has 166 valence electrons. The Hall–Kier alpha value is -3.02. The van der Waals surface area contributed by atoms with Gasteiger partial charge in [0.1, 0.15) is 11.9 Å². The second-order valence-corrected chi connectivity index (χ2v) is 8.40. The molecule has 6 heteroatoms. The molecule has 1 aliphatic rings. The van der Waals surface area contributed by atoms with E-state index in [1.54, 1.807) is 0 Å². The van der Waals surface area contributed by atoms with Crippen LogP contribution in [0.5, 0.6) is 5.75 Å². The molecule has 0 spiro atoms. The molecule has 5 nitrogen and oxygen atoms in total. The molecule has 0 aliphatic carbocycles. The van der Waals surface area contributed by atoms with Crippen LogP contribution in [0, 0.1) is 0 Å². The second-order valence-electron chi connectivity index (χ2n) is 7.99. The molecule has 1 heterocycles. The molecule has 3 aromatic rings. The third-order valence-electron chi connectivity index (χ3n) is 5.61. The SMILES string of the molecule is O=C(O)Cc1ccccc1NCc1cccc(-c2ccc(Cl)c(OC3CCNCC3)c2)c1. The van der Waals surface area contributed by atoms with E-state index in [0.717, 1.165) is 59.6 Å². The molecule has 0 unspecified atom stereocenters. The number of nitrogens with one attached hydrogen (secondary N) is 2. The number of hydrogen-bond acceptors (Lipinski definition) is 4. The molecule has 1 aliphatic heterocycles. The average molecular weight is 451 g/mol. The van der Waals surface area contributed by atoms with Gasteiger partial charge in [-0.2, -0.15) is 0 Å². The monoisotopic (exact) mass is 450 g/mol. The summed E-state index contributed by atoms with van der Waals surface area (Å²) < 4.78 is 6.20. The molecule has 1 saturated heterocycles. The lowest BCUT2D eigenvalue weighted by atomic mass is 10.0. The van der Waals surface area contributed by atoms with E-state index < -0.39 is 5.97 Å². The van der Waals surface area contributed by atoms with Crippen LogP contribution in [-0.4, -0.2) is 30.3 Å². The maximum Gasteiger partial charge on any atom is 0.307 e. The predicted octanol–water partition coefficient (Wildman–Crippen LogP) is 5.38. The fourth-order valence-electron chi connectivity index (χ4n) is 3.93. The highest BCUT2D eigenvalue weighted by atomic mass is 35.5. The van der Waals surface area contributed by atoms with E-state index in [9.17, 15) is 4.79 Å². The molecular weight excluding hydrogens is 424 g/mol. The van der Waals surface area contributed by atoms with Crippen molar-refractivity contribution in [2.24, 2.45) is 0 Å². The first kappa shape index (κ1) is 22.2. The minimum atomic E-state index is -0.841. The Balaban J connectivity index is 1.48. The van der Waals surface area contributed by atoms with Gasteiger partial charge in [0.15, 0.2) is 0 Å². The number of carboxylic acids is 1. The summed E-state index contributed by atoms with van der Waals surface area (Å²) in [4.78, 5) is 11.1. The summed E-state index contributed by atoms with van der Waals surface area (Å²) in [6.07, 6.45) is 2.13. The lowest BCUT2D eigenvalue weighted by Gasteiger charge is -2.24. The van der Waals surface area contributed by atoms with E-state index in [0.29, 0.717) is 11.6 Å². The Kier molecular flexibility index (Phi) is 7.30. The van der Waals surface area contributed by atoms with Crippen LogP contribution in [0.4, 0.5) is 5.69 Å². The number of para-hydroxylation sites is 1. The maximum atomic E-state index is 11.1. The van der Waals surface area contributed by atoms with Crippen molar-refractivity contribution in [2.45, 2.75) is 31.9 Å². The van der Waals surface area contributed by atoms with Crippen molar-refractivity contribution in [3.63, 3.8) is 0 Å². The molecule has 32 heavy (non-hydrogen) atoms. The summed E-state index contributed by atoms with van der Waals surface area (Å²) in [5.41, 5.74) is 4.84. The van der Waals surface area contributed by atoms with Crippen LogP contribution in [0.3, 0.4) is 0 Å². The van der Waals surface area contributed by atoms with Gasteiger partial charge in [0.2, 0.25) is 0 Å². The van der Waals surface area contributed by atoms with Gasteiger partial charge in [0, 0.05) is 12.2 Å². The summed E-state index contributed by atoms with van der Waals surface area (Å²) in [7, 11) is 0. The van der Waals surface area contributed by atoms with Crippen molar-refractivity contribution in [3.8, 4) is 16.9 Å². The predicted molar refractivity (Wildman–Crippen MR) is 129 cm³/mol. The quantitative estimate of drug-likeness (QED) is 0.430. The van der Waals surface area contributed by atoms with E-state index in [4.69, 9.17) is 21.4 Å². The van der Waals surface area contributed by atoms with Crippen molar-refractivity contribution in [1.29, 1.82) is 0 Å². The number of rotatable bonds is 8. The number of hydrogen-bond donors (Lipinski definition) is 3. The summed E-state index contributed by atoms with van der Waals surface area (Å²) >= 11 is 6.41. The Labute approximate surface area is 193 Å². The molecular formula is C26H27ClN2O3. The average Bonchev–Trinajstić information content (AvgIpc) is 2.80. The van der Waals surface area contributed by atoms with Gasteiger partial charge in [-0.15, -0.1) is 0 Å². The second kappa shape index (κ2) is 10.5. The molecule has 3 N–H and O–H groups in total. The van der Waals surface area contributed by atoms with Crippen molar-refractivity contribution in [2.75, 3.05) is 18.4 Å². The molecule has 0 radical (unpaired) electrons. The van der Waals surface area contributed by atoms with Crippen LogP contribution >= 0.6 is 11.6 Å². The smallest absolute Gasteiger partial charge is 0.307 e. The van der Waals surface area contributed by atoms with E-state index in [2.05, 4.69) is 28.8 Å². The zero-order chi connectivity index (χ0) is 22.3. The molecule has 4 rings (SSSR count). The Morgan fingerprint density at radius 3 is 2.62 bits per heavy atom. The van der Waals surface area contributed by atoms with Gasteiger partial charge in [-0.05, 0) is 72.5 Å². The molecule has 0 aromatic heterocycles. The molecule has 0 saturated carbocycles. The first-order chi connectivity index (χ1) is 15.6. The number of piperidine rings is 1. The Morgan fingerprint density at radius 2 is 1.81 bits per heavy atom. The number of halogens is 1.